The Morgan fingerprint density at radius 1 is 1.53 bits per heavy atom. The number of rotatable bonds is 1. The summed E-state index contributed by atoms with van der Waals surface area (Å²) >= 11 is 17.1. The summed E-state index contributed by atoms with van der Waals surface area (Å²) in [5.41, 5.74) is 6.96. The Balaban J connectivity index is 2.31. The van der Waals surface area contributed by atoms with E-state index in [0.29, 0.717) is 14.7 Å². The standard InChI is InChI=1S/C11H15Cl2N3S/c1-11(14)2-3-15-7(5-11)6-4-8(17)9(12)10(13)16-6/h4,7,15H,2-3,5,14H2,1H3,(H,16,17). The van der Waals surface area contributed by atoms with Gasteiger partial charge >= 0.3 is 0 Å². The number of nitrogens with one attached hydrogen (secondary N) is 2. The van der Waals surface area contributed by atoms with E-state index in [9.17, 15) is 0 Å². The molecule has 1 aliphatic heterocycles. The Bertz CT molecular complexity index is 484. The summed E-state index contributed by atoms with van der Waals surface area (Å²) in [5.74, 6) is 0. The lowest BCUT2D eigenvalue weighted by atomic mass is 9.86. The highest BCUT2D eigenvalue weighted by molar-refractivity contribution is 7.71. The zero-order valence-electron chi connectivity index (χ0n) is 9.52. The third-order valence-electron chi connectivity index (χ3n) is 3.08. The van der Waals surface area contributed by atoms with Crippen LogP contribution in [-0.2, 0) is 0 Å². The first kappa shape index (κ1) is 13.3. The van der Waals surface area contributed by atoms with E-state index in [1.54, 1.807) is 0 Å². The molecule has 0 radical (unpaired) electrons. The summed E-state index contributed by atoms with van der Waals surface area (Å²) in [6, 6.07) is 2.00. The van der Waals surface area contributed by atoms with Crippen molar-refractivity contribution < 1.29 is 0 Å². The van der Waals surface area contributed by atoms with Crippen LogP contribution >= 0.6 is 35.4 Å². The summed E-state index contributed by atoms with van der Waals surface area (Å²) in [4.78, 5) is 3.07. The molecule has 1 aromatic rings. The van der Waals surface area contributed by atoms with Crippen LogP contribution < -0.4 is 11.1 Å². The van der Waals surface area contributed by atoms with Crippen molar-refractivity contribution in [2.75, 3.05) is 6.54 Å². The van der Waals surface area contributed by atoms with Crippen molar-refractivity contribution in [3.8, 4) is 0 Å². The molecular formula is C11H15Cl2N3S. The highest BCUT2D eigenvalue weighted by atomic mass is 35.5. The van der Waals surface area contributed by atoms with Crippen LogP contribution in [0.4, 0.5) is 0 Å². The van der Waals surface area contributed by atoms with Gasteiger partial charge in [-0.15, -0.1) is 0 Å². The minimum atomic E-state index is -0.155. The summed E-state index contributed by atoms with van der Waals surface area (Å²) in [5, 5.41) is 4.19. The maximum atomic E-state index is 6.17. The van der Waals surface area contributed by atoms with Gasteiger partial charge in [-0.25, -0.2) is 0 Å². The maximum absolute atomic E-state index is 6.17. The number of piperidine rings is 1. The monoisotopic (exact) mass is 291 g/mol. The van der Waals surface area contributed by atoms with E-state index in [1.165, 1.54) is 0 Å². The van der Waals surface area contributed by atoms with Gasteiger partial charge in [-0.1, -0.05) is 35.4 Å². The van der Waals surface area contributed by atoms with E-state index in [-0.39, 0.29) is 11.6 Å². The molecule has 2 atom stereocenters. The number of aromatic amines is 1. The number of H-pyrrole nitrogens is 1. The molecule has 3 nitrogen and oxygen atoms in total. The fourth-order valence-electron chi connectivity index (χ4n) is 2.11. The Labute approximate surface area is 116 Å². The second-order valence-corrected chi connectivity index (χ2v) is 6.03. The molecular weight excluding hydrogens is 277 g/mol. The van der Waals surface area contributed by atoms with Gasteiger partial charge in [-0.2, -0.15) is 0 Å². The Hall–Kier alpha value is -0.130. The van der Waals surface area contributed by atoms with Gasteiger partial charge in [0.25, 0.3) is 0 Å². The highest BCUT2D eigenvalue weighted by Gasteiger charge is 2.29. The molecule has 0 aliphatic carbocycles. The van der Waals surface area contributed by atoms with Gasteiger partial charge in [0.1, 0.15) is 5.15 Å². The molecule has 2 heterocycles. The average Bonchev–Trinajstić information content (AvgIpc) is 2.23. The normalized spacial score (nSPS) is 29.3. The van der Waals surface area contributed by atoms with E-state index in [4.69, 9.17) is 41.2 Å². The van der Waals surface area contributed by atoms with E-state index in [2.05, 4.69) is 17.2 Å². The molecule has 17 heavy (non-hydrogen) atoms. The SMILES string of the molecule is CC1(N)CCNC(c2cc(=S)c(Cl)c(Cl)[nH]2)C1. The van der Waals surface area contributed by atoms with Gasteiger partial charge in [0.05, 0.1) is 9.53 Å². The number of hydrogen-bond donors (Lipinski definition) is 3. The third kappa shape index (κ3) is 3.01. The molecule has 4 N–H and O–H groups in total. The first-order valence-corrected chi connectivity index (χ1v) is 6.66. The number of halogens is 2. The quantitative estimate of drug-likeness (QED) is 0.550. The molecule has 2 unspecified atom stereocenters. The fourth-order valence-corrected chi connectivity index (χ4v) is 2.71. The zero-order valence-corrected chi connectivity index (χ0v) is 11.8. The number of hydrogen-bond acceptors (Lipinski definition) is 3. The van der Waals surface area contributed by atoms with E-state index in [1.807, 2.05) is 6.07 Å². The van der Waals surface area contributed by atoms with Gasteiger partial charge in [-0.3, -0.25) is 0 Å². The Kier molecular flexibility index (Phi) is 3.80. The molecule has 1 fully saturated rings. The lowest BCUT2D eigenvalue weighted by Gasteiger charge is -2.36. The minimum absolute atomic E-state index is 0.148. The molecule has 0 aromatic carbocycles. The summed E-state index contributed by atoms with van der Waals surface area (Å²) in [6.45, 7) is 2.95. The van der Waals surface area contributed by atoms with Crippen molar-refractivity contribution >= 4 is 35.4 Å². The lowest BCUT2D eigenvalue weighted by molar-refractivity contribution is 0.274. The first-order chi connectivity index (χ1) is 7.89. The lowest BCUT2D eigenvalue weighted by Crippen LogP contribution is -2.48. The van der Waals surface area contributed by atoms with Crippen molar-refractivity contribution in [3.05, 3.63) is 26.4 Å². The minimum Gasteiger partial charge on any atom is -0.347 e. The molecule has 1 aromatic heterocycles. The average molecular weight is 292 g/mol. The third-order valence-corrected chi connectivity index (χ3v) is 4.29. The molecule has 0 amide bonds. The van der Waals surface area contributed by atoms with Crippen LogP contribution in [0.15, 0.2) is 6.07 Å². The van der Waals surface area contributed by atoms with Crippen LogP contribution in [0.25, 0.3) is 0 Å². The van der Waals surface area contributed by atoms with Crippen molar-refractivity contribution in [1.29, 1.82) is 0 Å². The number of nitrogens with two attached hydrogens (primary N) is 1. The van der Waals surface area contributed by atoms with Crippen LogP contribution in [-0.4, -0.2) is 17.1 Å². The second-order valence-electron chi connectivity index (χ2n) is 4.83. The molecule has 0 bridgehead atoms. The van der Waals surface area contributed by atoms with Crippen molar-refractivity contribution in [3.63, 3.8) is 0 Å². The van der Waals surface area contributed by atoms with Crippen molar-refractivity contribution in [2.24, 2.45) is 5.73 Å². The van der Waals surface area contributed by atoms with Gasteiger partial charge in [0.15, 0.2) is 0 Å². The van der Waals surface area contributed by atoms with Crippen LogP contribution in [0.2, 0.25) is 10.2 Å². The molecule has 0 spiro atoms. The topological polar surface area (TPSA) is 53.8 Å². The predicted octanol–water partition coefficient (Wildman–Crippen LogP) is 3.19. The Morgan fingerprint density at radius 2 is 2.24 bits per heavy atom. The van der Waals surface area contributed by atoms with Crippen LogP contribution in [0.3, 0.4) is 0 Å². The molecule has 1 saturated heterocycles. The molecule has 0 saturated carbocycles. The second kappa shape index (κ2) is 4.86. The molecule has 94 valence electrons. The highest BCUT2D eigenvalue weighted by Crippen LogP contribution is 2.30. The predicted molar refractivity (Wildman–Crippen MR) is 74.2 cm³/mol. The smallest absolute Gasteiger partial charge is 0.126 e. The summed E-state index contributed by atoms with van der Waals surface area (Å²) in [7, 11) is 0. The van der Waals surface area contributed by atoms with Crippen LogP contribution in [0.1, 0.15) is 31.5 Å². The van der Waals surface area contributed by atoms with Crippen molar-refractivity contribution in [1.82, 2.24) is 10.3 Å². The summed E-state index contributed by atoms with van der Waals surface area (Å²) < 4.78 is 0.566. The molecule has 1 aliphatic rings. The largest absolute Gasteiger partial charge is 0.347 e. The van der Waals surface area contributed by atoms with E-state index < -0.39 is 0 Å². The van der Waals surface area contributed by atoms with Gasteiger partial charge in [0, 0.05) is 17.3 Å². The van der Waals surface area contributed by atoms with Gasteiger partial charge in [-0.05, 0) is 32.4 Å². The molecule has 6 heteroatoms. The van der Waals surface area contributed by atoms with Crippen molar-refractivity contribution in [2.45, 2.75) is 31.3 Å². The molecule has 2 rings (SSSR count). The van der Waals surface area contributed by atoms with Gasteiger partial charge in [0.2, 0.25) is 0 Å². The van der Waals surface area contributed by atoms with Gasteiger partial charge < -0.3 is 16.0 Å². The number of pyridine rings is 1. The summed E-state index contributed by atoms with van der Waals surface area (Å²) in [6.07, 6.45) is 1.81. The first-order valence-electron chi connectivity index (χ1n) is 5.49. The maximum Gasteiger partial charge on any atom is 0.126 e. The number of aromatic nitrogens is 1. The van der Waals surface area contributed by atoms with E-state index >= 15 is 0 Å². The Morgan fingerprint density at radius 3 is 2.82 bits per heavy atom. The van der Waals surface area contributed by atoms with Crippen LogP contribution in [0, 0.1) is 4.51 Å². The zero-order chi connectivity index (χ0) is 12.6. The fraction of sp³-hybridized carbons (Fsp3) is 0.545. The van der Waals surface area contributed by atoms with Crippen LogP contribution in [0.5, 0.6) is 0 Å². The van der Waals surface area contributed by atoms with E-state index in [0.717, 1.165) is 25.1 Å².